The average molecular weight is 347 g/mol. The van der Waals surface area contributed by atoms with Gasteiger partial charge in [0.05, 0.1) is 15.7 Å². The largest absolute Gasteiger partial charge is 0.282 e. The summed E-state index contributed by atoms with van der Waals surface area (Å²) in [5.74, 6) is -0.893. The molecule has 0 spiro atoms. The molecule has 2 amide bonds. The predicted octanol–water partition coefficient (Wildman–Crippen LogP) is 3.76. The highest BCUT2D eigenvalue weighted by atomic mass is 35.5. The summed E-state index contributed by atoms with van der Waals surface area (Å²) in [5.41, 5.74) is 4.93. The number of benzene rings is 2. The van der Waals surface area contributed by atoms with Crippen LogP contribution in [-0.4, -0.2) is 11.8 Å². The summed E-state index contributed by atoms with van der Waals surface area (Å²) in [5, 5.41) is 1.84. The van der Waals surface area contributed by atoms with Gasteiger partial charge in [-0.25, -0.2) is 5.01 Å². The van der Waals surface area contributed by atoms with Gasteiger partial charge in [-0.1, -0.05) is 53.0 Å². The molecule has 23 heavy (non-hydrogen) atoms. The summed E-state index contributed by atoms with van der Waals surface area (Å²) in [6.45, 7) is 1.97. The van der Waals surface area contributed by atoms with E-state index < -0.39 is 11.8 Å². The van der Waals surface area contributed by atoms with Crippen molar-refractivity contribution >= 4 is 46.8 Å². The zero-order valence-electron chi connectivity index (χ0n) is 12.1. The fourth-order valence-electron chi connectivity index (χ4n) is 2.19. The van der Waals surface area contributed by atoms with Crippen LogP contribution < -0.4 is 10.4 Å². The van der Waals surface area contributed by atoms with Gasteiger partial charge in [-0.05, 0) is 36.8 Å². The van der Waals surface area contributed by atoms with Gasteiger partial charge < -0.3 is 0 Å². The Labute approximate surface area is 143 Å². The number of nitrogens with one attached hydrogen (secondary N) is 1. The van der Waals surface area contributed by atoms with Gasteiger partial charge in [-0.3, -0.25) is 15.0 Å². The van der Waals surface area contributed by atoms with E-state index in [1.165, 1.54) is 6.07 Å². The summed E-state index contributed by atoms with van der Waals surface area (Å²) in [6, 6.07) is 12.2. The van der Waals surface area contributed by atoms with Crippen LogP contribution in [0, 0.1) is 6.92 Å². The first-order valence-electron chi connectivity index (χ1n) is 6.84. The molecular formula is C17H12Cl2N2O2. The van der Waals surface area contributed by atoms with E-state index in [9.17, 15) is 9.59 Å². The molecule has 6 heteroatoms. The number of hydrogen-bond donors (Lipinski definition) is 1. The Hall–Kier alpha value is -2.30. The van der Waals surface area contributed by atoms with Gasteiger partial charge in [0.25, 0.3) is 11.8 Å². The number of halogens is 2. The SMILES string of the molecule is Cc1ccc(/C=C2\C(=O)NN(c3ccc(Cl)c(Cl)c3)C2=O)cc1. The molecule has 1 fully saturated rings. The van der Waals surface area contributed by atoms with E-state index in [-0.39, 0.29) is 5.57 Å². The normalized spacial score (nSPS) is 16.1. The minimum atomic E-state index is -0.457. The Bertz CT molecular complexity index is 829. The second kappa shape index (κ2) is 6.07. The Kier molecular flexibility index (Phi) is 4.11. The number of carbonyl (C=O) groups is 2. The Morgan fingerprint density at radius 1 is 1.00 bits per heavy atom. The van der Waals surface area contributed by atoms with Crippen molar-refractivity contribution in [1.29, 1.82) is 0 Å². The molecule has 0 saturated carbocycles. The minimum Gasteiger partial charge on any atom is -0.267 e. The summed E-state index contributed by atoms with van der Waals surface area (Å²) in [4.78, 5) is 24.6. The molecule has 116 valence electrons. The van der Waals surface area contributed by atoms with Crippen molar-refractivity contribution in [3.05, 3.63) is 69.2 Å². The maximum absolute atomic E-state index is 12.5. The molecule has 0 atom stereocenters. The molecule has 2 aromatic carbocycles. The van der Waals surface area contributed by atoms with Crippen LogP contribution in [0.1, 0.15) is 11.1 Å². The van der Waals surface area contributed by atoms with E-state index in [2.05, 4.69) is 5.43 Å². The lowest BCUT2D eigenvalue weighted by atomic mass is 10.1. The van der Waals surface area contributed by atoms with Crippen LogP contribution in [0.3, 0.4) is 0 Å². The standard InChI is InChI=1S/C17H12Cl2N2O2/c1-10-2-4-11(5-3-10)8-13-16(22)20-21(17(13)23)12-6-7-14(18)15(19)9-12/h2-9H,1H3,(H,20,22)/b13-8+. The van der Waals surface area contributed by atoms with Crippen molar-refractivity contribution in [1.82, 2.24) is 5.43 Å². The molecule has 4 nitrogen and oxygen atoms in total. The number of carbonyl (C=O) groups excluding carboxylic acids is 2. The third-order valence-corrected chi connectivity index (χ3v) is 4.18. The molecule has 1 N–H and O–H groups in total. The van der Waals surface area contributed by atoms with Gasteiger partial charge in [0.1, 0.15) is 5.57 Å². The molecule has 3 rings (SSSR count). The molecule has 1 heterocycles. The zero-order valence-corrected chi connectivity index (χ0v) is 13.7. The third kappa shape index (κ3) is 3.09. The highest BCUT2D eigenvalue weighted by molar-refractivity contribution is 6.42. The summed E-state index contributed by atoms with van der Waals surface area (Å²) in [6.07, 6.45) is 1.56. The smallest absolute Gasteiger partial charge is 0.267 e. The van der Waals surface area contributed by atoms with E-state index in [0.717, 1.165) is 16.1 Å². The van der Waals surface area contributed by atoms with E-state index >= 15 is 0 Å². The van der Waals surface area contributed by atoms with Crippen molar-refractivity contribution in [2.45, 2.75) is 6.92 Å². The highest BCUT2D eigenvalue weighted by Crippen LogP contribution is 2.29. The van der Waals surface area contributed by atoms with Gasteiger partial charge in [0.2, 0.25) is 0 Å². The third-order valence-electron chi connectivity index (χ3n) is 3.44. The first-order valence-corrected chi connectivity index (χ1v) is 7.60. The lowest BCUT2D eigenvalue weighted by Gasteiger charge is -2.15. The molecule has 2 aromatic rings. The molecule has 1 saturated heterocycles. The van der Waals surface area contributed by atoms with Gasteiger partial charge >= 0.3 is 0 Å². The van der Waals surface area contributed by atoms with Crippen LogP contribution in [0.4, 0.5) is 5.69 Å². The van der Waals surface area contributed by atoms with Crippen molar-refractivity contribution in [3.8, 4) is 0 Å². The maximum atomic E-state index is 12.5. The van der Waals surface area contributed by atoms with Gasteiger partial charge in [0.15, 0.2) is 0 Å². The number of hydrazine groups is 1. The second-order valence-corrected chi connectivity index (χ2v) is 5.96. The lowest BCUT2D eigenvalue weighted by Crippen LogP contribution is -2.35. The number of hydrogen-bond acceptors (Lipinski definition) is 2. The molecule has 0 unspecified atom stereocenters. The molecular weight excluding hydrogens is 335 g/mol. The quantitative estimate of drug-likeness (QED) is 0.664. The lowest BCUT2D eigenvalue weighted by molar-refractivity contribution is -0.117. The minimum absolute atomic E-state index is 0.0694. The number of anilines is 1. The molecule has 0 bridgehead atoms. The van der Waals surface area contributed by atoms with Crippen molar-refractivity contribution in [2.24, 2.45) is 0 Å². The summed E-state index contributed by atoms with van der Waals surface area (Å²) in [7, 11) is 0. The molecule has 1 aliphatic heterocycles. The van der Waals surface area contributed by atoms with Crippen molar-refractivity contribution in [3.63, 3.8) is 0 Å². The van der Waals surface area contributed by atoms with Crippen molar-refractivity contribution in [2.75, 3.05) is 5.01 Å². The van der Waals surface area contributed by atoms with E-state index in [4.69, 9.17) is 23.2 Å². The van der Waals surface area contributed by atoms with E-state index in [1.807, 2.05) is 31.2 Å². The van der Waals surface area contributed by atoms with Gasteiger partial charge in [0, 0.05) is 0 Å². The fraction of sp³-hybridized carbons (Fsp3) is 0.0588. The number of nitrogens with zero attached hydrogens (tertiary/aromatic N) is 1. The van der Waals surface area contributed by atoms with Crippen LogP contribution in [-0.2, 0) is 9.59 Å². The van der Waals surface area contributed by atoms with Gasteiger partial charge in [-0.15, -0.1) is 0 Å². The van der Waals surface area contributed by atoms with Crippen LogP contribution in [0.2, 0.25) is 10.0 Å². The molecule has 0 aromatic heterocycles. The summed E-state index contributed by atoms with van der Waals surface area (Å²) >= 11 is 11.8. The monoisotopic (exact) mass is 346 g/mol. The second-order valence-electron chi connectivity index (χ2n) is 5.15. The highest BCUT2D eigenvalue weighted by Gasteiger charge is 2.34. The van der Waals surface area contributed by atoms with Gasteiger partial charge in [-0.2, -0.15) is 0 Å². The van der Waals surface area contributed by atoms with Crippen LogP contribution in [0.15, 0.2) is 48.0 Å². The van der Waals surface area contributed by atoms with Crippen LogP contribution in [0.5, 0.6) is 0 Å². The Morgan fingerprint density at radius 3 is 2.35 bits per heavy atom. The zero-order chi connectivity index (χ0) is 16.6. The molecule has 0 aliphatic carbocycles. The predicted molar refractivity (Wildman–Crippen MR) is 91.2 cm³/mol. The number of aryl methyl sites for hydroxylation is 1. The number of rotatable bonds is 2. The first kappa shape index (κ1) is 15.6. The summed E-state index contributed by atoms with van der Waals surface area (Å²) < 4.78 is 0. The average Bonchev–Trinajstić information content (AvgIpc) is 2.80. The molecule has 0 radical (unpaired) electrons. The Morgan fingerprint density at radius 2 is 1.70 bits per heavy atom. The van der Waals surface area contributed by atoms with Crippen molar-refractivity contribution < 1.29 is 9.59 Å². The maximum Gasteiger partial charge on any atom is 0.282 e. The topological polar surface area (TPSA) is 49.4 Å². The van der Waals surface area contributed by atoms with E-state index in [0.29, 0.717) is 15.7 Å². The number of amides is 2. The van der Waals surface area contributed by atoms with E-state index in [1.54, 1.807) is 18.2 Å². The first-order chi connectivity index (χ1) is 11.0. The Balaban J connectivity index is 1.93. The molecule has 1 aliphatic rings. The fourth-order valence-corrected chi connectivity index (χ4v) is 2.49. The van der Waals surface area contributed by atoms with Crippen LogP contribution in [0.25, 0.3) is 6.08 Å². The van der Waals surface area contributed by atoms with Crippen LogP contribution >= 0.6 is 23.2 Å².